The predicted molar refractivity (Wildman–Crippen MR) is 58.7 cm³/mol. The van der Waals surface area contributed by atoms with E-state index in [-0.39, 0.29) is 12.3 Å². The van der Waals surface area contributed by atoms with Crippen molar-refractivity contribution in [2.45, 2.75) is 11.3 Å². The molecule has 1 aliphatic rings. The highest BCUT2D eigenvalue weighted by atomic mass is 32.2. The molecule has 0 radical (unpaired) electrons. The number of amidine groups is 1. The molecule has 0 spiro atoms. The largest absolute Gasteiger partial charge is 0.385 e. The lowest BCUT2D eigenvalue weighted by Gasteiger charge is -2.11. The fraction of sp³-hybridized carbons (Fsp3) is 0.111. The molecule has 0 saturated heterocycles. The second-order valence-corrected chi connectivity index (χ2v) is 3.72. The van der Waals surface area contributed by atoms with Crippen molar-refractivity contribution in [3.8, 4) is 0 Å². The van der Waals surface area contributed by atoms with Crippen molar-refractivity contribution in [3.63, 3.8) is 0 Å². The Balaban J connectivity index is 2.33. The normalized spacial score (nSPS) is 15.7. The van der Waals surface area contributed by atoms with E-state index in [2.05, 4.69) is 5.10 Å². The zero-order chi connectivity index (χ0) is 10.8. The van der Waals surface area contributed by atoms with Crippen molar-refractivity contribution < 1.29 is 9.35 Å². The zero-order valence-electron chi connectivity index (χ0n) is 7.75. The fourth-order valence-corrected chi connectivity index (χ4v) is 1.64. The third-order valence-corrected chi connectivity index (χ3v) is 2.43. The number of benzene rings is 1. The Morgan fingerprint density at radius 1 is 1.53 bits per heavy atom. The van der Waals surface area contributed by atoms with Gasteiger partial charge in [0.1, 0.15) is 5.84 Å². The van der Waals surface area contributed by atoms with Gasteiger partial charge in [-0.15, -0.1) is 0 Å². The molecule has 1 aromatic rings. The molecule has 1 amide bonds. The maximum Gasteiger partial charge on any atom is 0.255 e. The van der Waals surface area contributed by atoms with E-state index in [9.17, 15) is 4.79 Å². The van der Waals surface area contributed by atoms with Crippen molar-refractivity contribution >= 4 is 29.5 Å². The number of anilines is 1. The number of amides is 1. The van der Waals surface area contributed by atoms with Crippen molar-refractivity contribution in [1.82, 2.24) is 0 Å². The van der Waals surface area contributed by atoms with Crippen LogP contribution in [0.5, 0.6) is 0 Å². The van der Waals surface area contributed by atoms with Crippen molar-refractivity contribution in [1.29, 1.82) is 0 Å². The molecular formula is C9H9N3O2S. The fourth-order valence-electron chi connectivity index (χ4n) is 1.32. The first-order valence-electron chi connectivity index (χ1n) is 4.28. The quantitative estimate of drug-likeness (QED) is 0.740. The van der Waals surface area contributed by atoms with Gasteiger partial charge in [-0.1, -0.05) is 6.07 Å². The number of rotatable bonds is 2. The number of nitrogens with two attached hydrogens (primary N) is 1. The van der Waals surface area contributed by atoms with Gasteiger partial charge in [-0.25, -0.2) is 0 Å². The van der Waals surface area contributed by atoms with Gasteiger partial charge in [0.2, 0.25) is 0 Å². The number of carbonyl (C=O) groups is 1. The van der Waals surface area contributed by atoms with Gasteiger partial charge in [-0.05, 0) is 18.2 Å². The molecule has 15 heavy (non-hydrogen) atoms. The second kappa shape index (κ2) is 3.92. The van der Waals surface area contributed by atoms with E-state index in [0.717, 1.165) is 0 Å². The van der Waals surface area contributed by atoms with Crippen LogP contribution >= 0.6 is 12.0 Å². The second-order valence-electron chi connectivity index (χ2n) is 3.06. The minimum absolute atomic E-state index is 0.149. The van der Waals surface area contributed by atoms with Crippen LogP contribution in [0.2, 0.25) is 0 Å². The average Bonchev–Trinajstić information content (AvgIpc) is 2.58. The summed E-state index contributed by atoms with van der Waals surface area (Å²) in [6.45, 7) is 0. The Kier molecular flexibility index (Phi) is 2.61. The highest BCUT2D eigenvalue weighted by molar-refractivity contribution is 7.93. The Bertz CT molecular complexity index is 433. The van der Waals surface area contributed by atoms with Gasteiger partial charge >= 0.3 is 0 Å². The first kappa shape index (κ1) is 10.0. The first-order chi connectivity index (χ1) is 7.20. The van der Waals surface area contributed by atoms with Gasteiger partial charge in [-0.3, -0.25) is 4.79 Å². The molecule has 78 valence electrons. The molecule has 1 aliphatic heterocycles. The highest BCUT2D eigenvalue weighted by Gasteiger charge is 2.23. The lowest BCUT2D eigenvalue weighted by Crippen LogP contribution is -2.19. The third kappa shape index (κ3) is 1.95. The van der Waals surface area contributed by atoms with E-state index in [1.807, 2.05) is 0 Å². The topological polar surface area (TPSA) is 78.9 Å². The smallest absolute Gasteiger partial charge is 0.255 e. The van der Waals surface area contributed by atoms with Crippen LogP contribution in [0.1, 0.15) is 6.42 Å². The Hall–Kier alpha value is -1.53. The summed E-state index contributed by atoms with van der Waals surface area (Å²) in [4.78, 5) is 12.1. The number of nitrogens with zero attached hydrogens (tertiary/aromatic N) is 2. The molecule has 1 heterocycles. The summed E-state index contributed by atoms with van der Waals surface area (Å²) in [5.74, 6) is 0.148. The summed E-state index contributed by atoms with van der Waals surface area (Å²) in [6.07, 6.45) is 0.149. The van der Waals surface area contributed by atoms with Gasteiger partial charge in [0, 0.05) is 16.9 Å². The van der Waals surface area contributed by atoms with Gasteiger partial charge < -0.3 is 10.3 Å². The van der Waals surface area contributed by atoms with Crippen LogP contribution in [-0.4, -0.2) is 16.3 Å². The monoisotopic (exact) mass is 223 g/mol. The summed E-state index contributed by atoms with van der Waals surface area (Å²) in [7, 11) is 0. The summed E-state index contributed by atoms with van der Waals surface area (Å²) >= 11 is 0.626. The van der Waals surface area contributed by atoms with Crippen LogP contribution in [-0.2, 0) is 4.79 Å². The van der Waals surface area contributed by atoms with Crippen LogP contribution in [0.3, 0.4) is 0 Å². The SMILES string of the molecule is NC1=NN(c2cccc(SO)c2)C(=O)C1. The molecule has 0 unspecified atom stereocenters. The zero-order valence-corrected chi connectivity index (χ0v) is 8.57. The molecule has 0 aromatic heterocycles. The van der Waals surface area contributed by atoms with E-state index in [4.69, 9.17) is 10.3 Å². The molecule has 5 nitrogen and oxygen atoms in total. The van der Waals surface area contributed by atoms with Crippen LogP contribution in [0.25, 0.3) is 0 Å². The number of hydrogen-bond acceptors (Lipinski definition) is 5. The molecule has 0 atom stereocenters. The third-order valence-electron chi connectivity index (χ3n) is 1.96. The highest BCUT2D eigenvalue weighted by Crippen LogP contribution is 2.24. The number of hydrogen-bond donors (Lipinski definition) is 2. The maximum absolute atomic E-state index is 11.4. The van der Waals surface area contributed by atoms with Crippen molar-refractivity contribution in [2.75, 3.05) is 5.01 Å². The van der Waals surface area contributed by atoms with Gasteiger partial charge in [0.15, 0.2) is 0 Å². The maximum atomic E-state index is 11.4. The molecule has 2 rings (SSSR count). The molecule has 0 aliphatic carbocycles. The van der Waals surface area contributed by atoms with Crippen LogP contribution in [0.15, 0.2) is 34.3 Å². The number of hydrazone groups is 1. The van der Waals surface area contributed by atoms with Crippen molar-refractivity contribution in [3.05, 3.63) is 24.3 Å². The lowest BCUT2D eigenvalue weighted by atomic mass is 10.3. The van der Waals surface area contributed by atoms with Crippen molar-refractivity contribution in [2.24, 2.45) is 10.8 Å². The summed E-state index contributed by atoms with van der Waals surface area (Å²) in [6, 6.07) is 6.89. The number of carbonyl (C=O) groups excluding carboxylic acids is 1. The van der Waals surface area contributed by atoms with E-state index < -0.39 is 0 Å². The Morgan fingerprint density at radius 3 is 2.93 bits per heavy atom. The van der Waals surface area contributed by atoms with Crippen LogP contribution in [0.4, 0.5) is 5.69 Å². The molecule has 0 bridgehead atoms. The lowest BCUT2D eigenvalue weighted by molar-refractivity contribution is -0.116. The summed E-state index contributed by atoms with van der Waals surface area (Å²) < 4.78 is 8.88. The Labute approximate surface area is 90.8 Å². The van der Waals surface area contributed by atoms with E-state index in [1.165, 1.54) is 5.01 Å². The Morgan fingerprint density at radius 2 is 2.33 bits per heavy atom. The molecular weight excluding hydrogens is 214 g/mol. The van der Waals surface area contributed by atoms with E-state index in [0.29, 0.717) is 28.5 Å². The van der Waals surface area contributed by atoms with Crippen LogP contribution < -0.4 is 10.7 Å². The van der Waals surface area contributed by atoms with Gasteiger partial charge in [0.25, 0.3) is 5.91 Å². The minimum Gasteiger partial charge on any atom is -0.385 e. The predicted octanol–water partition coefficient (Wildman–Crippen LogP) is 1.26. The van der Waals surface area contributed by atoms with Crippen LogP contribution in [0, 0.1) is 0 Å². The van der Waals surface area contributed by atoms with Gasteiger partial charge in [0.05, 0.1) is 12.1 Å². The molecule has 0 saturated carbocycles. The van der Waals surface area contributed by atoms with E-state index in [1.54, 1.807) is 24.3 Å². The standard InChI is InChI=1S/C9H9N3O2S/c10-8-5-9(13)12(11-8)6-2-1-3-7(4-6)15-14/h1-4,14H,5H2,(H2,10,11). The summed E-state index contributed by atoms with van der Waals surface area (Å²) in [5.41, 5.74) is 6.07. The van der Waals surface area contributed by atoms with Gasteiger partial charge in [-0.2, -0.15) is 10.1 Å². The summed E-state index contributed by atoms with van der Waals surface area (Å²) in [5, 5.41) is 5.15. The molecule has 6 heteroatoms. The average molecular weight is 223 g/mol. The molecule has 0 fully saturated rings. The van der Waals surface area contributed by atoms with E-state index >= 15 is 0 Å². The molecule has 3 N–H and O–H groups in total. The first-order valence-corrected chi connectivity index (χ1v) is 5.05. The minimum atomic E-state index is -0.160. The molecule has 1 aromatic carbocycles.